The molecule has 0 saturated heterocycles. The van der Waals surface area contributed by atoms with E-state index in [9.17, 15) is 0 Å². The van der Waals surface area contributed by atoms with Crippen molar-refractivity contribution in [2.45, 2.75) is 27.7 Å². The Morgan fingerprint density at radius 2 is 1.77 bits per heavy atom. The van der Waals surface area contributed by atoms with Crippen LogP contribution in [0.4, 0.5) is 0 Å². The predicted octanol–water partition coefficient (Wildman–Crippen LogP) is 3.53. The van der Waals surface area contributed by atoms with Gasteiger partial charge in [0.15, 0.2) is 0 Å². The van der Waals surface area contributed by atoms with E-state index in [0.29, 0.717) is 0 Å². The minimum atomic E-state index is 1.16. The van der Waals surface area contributed by atoms with Crippen LogP contribution in [-0.2, 0) is 0 Å². The molecule has 0 N–H and O–H groups in total. The maximum Gasteiger partial charge on any atom is 0.0907 e. The van der Waals surface area contributed by atoms with Gasteiger partial charge in [0, 0.05) is 0 Å². The molecule has 13 heavy (non-hydrogen) atoms. The first-order chi connectivity index (χ1) is 6.09. The topological polar surface area (TPSA) is 12.9 Å². The molecule has 1 aromatic heterocycles. The van der Waals surface area contributed by atoms with Crippen LogP contribution in [0.3, 0.4) is 0 Å². The summed E-state index contributed by atoms with van der Waals surface area (Å²) >= 11 is 1.78. The summed E-state index contributed by atoms with van der Waals surface area (Å²) in [5, 5.41) is 1.16. The summed E-state index contributed by atoms with van der Waals surface area (Å²) in [5.74, 6) is 0. The first kappa shape index (κ1) is 8.70. The molecule has 0 aliphatic rings. The van der Waals surface area contributed by atoms with Crippen molar-refractivity contribution >= 4 is 21.6 Å². The van der Waals surface area contributed by atoms with E-state index in [-0.39, 0.29) is 0 Å². The monoisotopic (exact) mass is 191 g/mol. The third kappa shape index (κ3) is 1.25. The second-order valence-electron chi connectivity index (χ2n) is 3.52. The Labute approximate surface area is 82.4 Å². The zero-order valence-electron chi connectivity index (χ0n) is 8.43. The average molecular weight is 191 g/mol. The van der Waals surface area contributed by atoms with Crippen LogP contribution < -0.4 is 0 Å². The van der Waals surface area contributed by atoms with E-state index in [1.807, 2.05) is 0 Å². The highest BCUT2D eigenvalue weighted by Gasteiger charge is 2.07. The van der Waals surface area contributed by atoms with Gasteiger partial charge in [-0.25, -0.2) is 4.98 Å². The third-order valence-electron chi connectivity index (χ3n) is 2.62. The Bertz CT molecular complexity index is 468. The lowest BCUT2D eigenvalue weighted by Gasteiger charge is -2.03. The van der Waals surface area contributed by atoms with Crippen LogP contribution in [0, 0.1) is 27.7 Å². The summed E-state index contributed by atoms with van der Waals surface area (Å²) in [6, 6.07) is 2.24. The molecule has 1 nitrogen and oxygen atoms in total. The van der Waals surface area contributed by atoms with E-state index in [1.54, 1.807) is 11.3 Å². The van der Waals surface area contributed by atoms with Gasteiger partial charge in [-0.1, -0.05) is 0 Å². The van der Waals surface area contributed by atoms with Gasteiger partial charge in [-0.2, -0.15) is 0 Å². The van der Waals surface area contributed by atoms with Crippen molar-refractivity contribution in [3.63, 3.8) is 0 Å². The second-order valence-corrected chi connectivity index (χ2v) is 4.76. The molecule has 68 valence electrons. The Morgan fingerprint density at radius 1 is 1.08 bits per heavy atom. The van der Waals surface area contributed by atoms with E-state index < -0.39 is 0 Å². The van der Waals surface area contributed by atoms with Crippen molar-refractivity contribution in [1.29, 1.82) is 0 Å². The van der Waals surface area contributed by atoms with Crippen LogP contribution in [-0.4, -0.2) is 4.98 Å². The molecule has 0 amide bonds. The number of benzene rings is 1. The average Bonchev–Trinajstić information content (AvgIpc) is 2.42. The lowest BCUT2D eigenvalue weighted by atomic mass is 10.0. The molecule has 1 aromatic carbocycles. The Kier molecular flexibility index (Phi) is 1.88. The smallest absolute Gasteiger partial charge is 0.0907 e. The molecule has 2 aromatic rings. The summed E-state index contributed by atoms with van der Waals surface area (Å²) in [4.78, 5) is 4.53. The van der Waals surface area contributed by atoms with Crippen molar-refractivity contribution < 1.29 is 0 Å². The minimum absolute atomic E-state index is 1.16. The van der Waals surface area contributed by atoms with Crippen LogP contribution in [0.2, 0.25) is 0 Å². The molecule has 0 saturated carbocycles. The molecule has 0 unspecified atom stereocenters. The summed E-state index contributed by atoms with van der Waals surface area (Å²) in [6.07, 6.45) is 0. The van der Waals surface area contributed by atoms with Gasteiger partial charge in [0.2, 0.25) is 0 Å². The molecule has 1 heterocycles. The van der Waals surface area contributed by atoms with Crippen molar-refractivity contribution in [2.24, 2.45) is 0 Å². The Morgan fingerprint density at radius 3 is 2.46 bits per heavy atom. The fourth-order valence-electron chi connectivity index (χ4n) is 1.59. The standard InChI is InChI=1S/C11H13NS/c1-6-5-10-11(8(3)7(6)2)12-9(4)13-10/h5H,1-4H3. The summed E-state index contributed by atoms with van der Waals surface area (Å²) in [5.41, 5.74) is 5.26. The van der Waals surface area contributed by atoms with Crippen LogP contribution in [0.15, 0.2) is 6.07 Å². The van der Waals surface area contributed by atoms with Crippen LogP contribution >= 0.6 is 11.3 Å². The molecule has 2 heteroatoms. The SMILES string of the molecule is Cc1nc2c(C)c(C)c(C)cc2s1. The van der Waals surface area contributed by atoms with E-state index in [2.05, 4.69) is 38.7 Å². The van der Waals surface area contributed by atoms with Crippen LogP contribution in [0.25, 0.3) is 10.2 Å². The highest BCUT2D eigenvalue weighted by atomic mass is 32.1. The van der Waals surface area contributed by atoms with Crippen molar-refractivity contribution in [1.82, 2.24) is 4.98 Å². The molecule has 0 bridgehead atoms. The summed E-state index contributed by atoms with van der Waals surface area (Å²) < 4.78 is 1.32. The molecule has 0 aliphatic heterocycles. The number of fused-ring (bicyclic) bond motifs is 1. The molecule has 0 fully saturated rings. The zero-order chi connectivity index (χ0) is 9.59. The highest BCUT2D eigenvalue weighted by molar-refractivity contribution is 7.18. The lowest BCUT2D eigenvalue weighted by Crippen LogP contribution is -1.87. The summed E-state index contributed by atoms with van der Waals surface area (Å²) in [6.45, 7) is 8.55. The molecule has 0 atom stereocenters. The molecular formula is C11H13NS. The number of hydrogen-bond acceptors (Lipinski definition) is 2. The maximum absolute atomic E-state index is 4.53. The number of hydrogen-bond donors (Lipinski definition) is 0. The molecule has 0 spiro atoms. The van der Waals surface area contributed by atoms with Crippen LogP contribution in [0.1, 0.15) is 21.7 Å². The fraction of sp³-hybridized carbons (Fsp3) is 0.364. The van der Waals surface area contributed by atoms with Gasteiger partial charge in [-0.05, 0) is 50.5 Å². The van der Waals surface area contributed by atoms with E-state index in [1.165, 1.54) is 26.9 Å². The Balaban J connectivity index is 2.92. The normalized spacial score (nSPS) is 11.1. The van der Waals surface area contributed by atoms with Gasteiger partial charge in [0.25, 0.3) is 0 Å². The van der Waals surface area contributed by atoms with Crippen molar-refractivity contribution in [3.05, 3.63) is 27.8 Å². The van der Waals surface area contributed by atoms with Crippen molar-refractivity contribution in [3.8, 4) is 0 Å². The van der Waals surface area contributed by atoms with E-state index in [4.69, 9.17) is 0 Å². The van der Waals surface area contributed by atoms with E-state index in [0.717, 1.165) is 5.01 Å². The molecule has 0 aliphatic carbocycles. The number of aryl methyl sites for hydroxylation is 3. The first-order valence-electron chi connectivity index (χ1n) is 4.43. The number of aromatic nitrogens is 1. The fourth-order valence-corrected chi connectivity index (χ4v) is 2.57. The number of thiazole rings is 1. The number of rotatable bonds is 0. The largest absolute Gasteiger partial charge is 0.241 e. The van der Waals surface area contributed by atoms with Gasteiger partial charge in [0.05, 0.1) is 15.2 Å². The van der Waals surface area contributed by atoms with Gasteiger partial charge < -0.3 is 0 Å². The van der Waals surface area contributed by atoms with Gasteiger partial charge in [-0.15, -0.1) is 11.3 Å². The summed E-state index contributed by atoms with van der Waals surface area (Å²) in [7, 11) is 0. The quantitative estimate of drug-likeness (QED) is 0.620. The molecule has 0 radical (unpaired) electrons. The van der Waals surface area contributed by atoms with Crippen molar-refractivity contribution in [2.75, 3.05) is 0 Å². The van der Waals surface area contributed by atoms with Gasteiger partial charge >= 0.3 is 0 Å². The van der Waals surface area contributed by atoms with Gasteiger partial charge in [0.1, 0.15) is 0 Å². The van der Waals surface area contributed by atoms with Gasteiger partial charge in [-0.3, -0.25) is 0 Å². The Hall–Kier alpha value is -0.890. The number of nitrogens with zero attached hydrogens (tertiary/aromatic N) is 1. The highest BCUT2D eigenvalue weighted by Crippen LogP contribution is 2.28. The molecular weight excluding hydrogens is 178 g/mol. The van der Waals surface area contributed by atoms with E-state index >= 15 is 0 Å². The lowest BCUT2D eigenvalue weighted by molar-refractivity contribution is 1.26. The third-order valence-corrected chi connectivity index (χ3v) is 3.53. The minimum Gasteiger partial charge on any atom is -0.241 e. The second kappa shape index (κ2) is 2.81. The predicted molar refractivity (Wildman–Crippen MR) is 58.6 cm³/mol. The maximum atomic E-state index is 4.53. The first-order valence-corrected chi connectivity index (χ1v) is 5.25. The van der Waals surface area contributed by atoms with Crippen LogP contribution in [0.5, 0.6) is 0 Å². The zero-order valence-corrected chi connectivity index (χ0v) is 9.25. The molecule has 2 rings (SSSR count).